The molecule has 0 fully saturated rings. The molecule has 116 valence electrons. The molecule has 7 heteroatoms. The molecule has 0 aromatic carbocycles. The highest BCUT2D eigenvalue weighted by atomic mass is 32.1. The molecule has 0 saturated heterocycles. The lowest BCUT2D eigenvalue weighted by atomic mass is 10.2. The van der Waals surface area contributed by atoms with E-state index in [1.165, 1.54) is 5.56 Å². The molecule has 0 atom stereocenters. The van der Waals surface area contributed by atoms with Crippen molar-refractivity contribution in [3.05, 3.63) is 47.0 Å². The highest BCUT2D eigenvalue weighted by Crippen LogP contribution is 2.13. The van der Waals surface area contributed by atoms with E-state index in [4.69, 9.17) is 0 Å². The highest BCUT2D eigenvalue weighted by Gasteiger charge is 2.06. The monoisotopic (exact) mass is 316 g/mol. The van der Waals surface area contributed by atoms with Crippen LogP contribution in [0, 0.1) is 13.8 Å². The van der Waals surface area contributed by atoms with Crippen molar-refractivity contribution in [3.8, 4) is 0 Å². The zero-order chi connectivity index (χ0) is 15.5. The van der Waals surface area contributed by atoms with Crippen molar-refractivity contribution in [2.24, 2.45) is 0 Å². The van der Waals surface area contributed by atoms with E-state index in [1.54, 1.807) is 11.3 Å². The van der Waals surface area contributed by atoms with Gasteiger partial charge in [0.05, 0.1) is 24.1 Å². The van der Waals surface area contributed by atoms with Gasteiger partial charge in [-0.05, 0) is 13.8 Å². The topological polar surface area (TPSA) is 60.0 Å². The smallest absolute Gasteiger partial charge is 0.212 e. The Labute approximate surface area is 133 Å². The van der Waals surface area contributed by atoms with E-state index in [-0.39, 0.29) is 0 Å². The fourth-order valence-corrected chi connectivity index (χ4v) is 3.11. The van der Waals surface area contributed by atoms with Gasteiger partial charge in [0.2, 0.25) is 4.96 Å². The second-order valence-corrected chi connectivity index (χ2v) is 6.42. The molecule has 6 nitrogen and oxygen atoms in total. The van der Waals surface area contributed by atoms with E-state index in [9.17, 15) is 0 Å². The second-order valence-electron chi connectivity index (χ2n) is 5.26. The number of imidazole rings is 1. The van der Waals surface area contributed by atoms with Crippen molar-refractivity contribution in [3.63, 3.8) is 0 Å². The summed E-state index contributed by atoms with van der Waals surface area (Å²) in [5.74, 6) is 0. The Morgan fingerprint density at radius 2 is 2.18 bits per heavy atom. The molecule has 0 aliphatic heterocycles. The van der Waals surface area contributed by atoms with E-state index in [0.717, 1.165) is 47.4 Å². The normalized spacial score (nSPS) is 11.4. The number of allylic oxidation sites excluding steroid dienone is 1. The average Bonchev–Trinajstić information content (AvgIpc) is 3.09. The Balaban J connectivity index is 1.50. The van der Waals surface area contributed by atoms with Gasteiger partial charge in [0.1, 0.15) is 5.01 Å². The van der Waals surface area contributed by atoms with Crippen molar-refractivity contribution in [1.82, 2.24) is 29.7 Å². The van der Waals surface area contributed by atoms with Gasteiger partial charge >= 0.3 is 0 Å². The number of nitrogens with zero attached hydrogens (tertiary/aromatic N) is 5. The predicted molar refractivity (Wildman–Crippen MR) is 88.2 cm³/mol. The summed E-state index contributed by atoms with van der Waals surface area (Å²) in [7, 11) is 0. The van der Waals surface area contributed by atoms with Crippen LogP contribution in [0.25, 0.3) is 4.96 Å². The van der Waals surface area contributed by atoms with Gasteiger partial charge in [0.25, 0.3) is 0 Å². The molecular weight excluding hydrogens is 296 g/mol. The van der Waals surface area contributed by atoms with E-state index < -0.39 is 0 Å². The van der Waals surface area contributed by atoms with Gasteiger partial charge in [-0.3, -0.25) is 4.68 Å². The minimum Gasteiger partial charge on any atom is -0.312 e. The van der Waals surface area contributed by atoms with Crippen molar-refractivity contribution in [2.45, 2.75) is 33.4 Å². The minimum absolute atomic E-state index is 0.749. The van der Waals surface area contributed by atoms with Gasteiger partial charge in [-0.2, -0.15) is 10.2 Å². The summed E-state index contributed by atoms with van der Waals surface area (Å²) in [6.07, 6.45) is 6.83. The van der Waals surface area contributed by atoms with Crippen LogP contribution in [0.4, 0.5) is 0 Å². The Bertz CT molecular complexity index is 750. The predicted octanol–water partition coefficient (Wildman–Crippen LogP) is 2.12. The first-order chi connectivity index (χ1) is 10.7. The molecule has 0 aliphatic rings. The second kappa shape index (κ2) is 6.41. The Kier molecular flexibility index (Phi) is 4.35. The summed E-state index contributed by atoms with van der Waals surface area (Å²) in [5.41, 5.74) is 3.37. The molecule has 3 heterocycles. The average molecular weight is 316 g/mol. The minimum atomic E-state index is 0.749. The zero-order valence-electron chi connectivity index (χ0n) is 12.9. The van der Waals surface area contributed by atoms with Crippen LogP contribution in [-0.2, 0) is 19.5 Å². The van der Waals surface area contributed by atoms with Crippen LogP contribution >= 0.6 is 11.3 Å². The van der Waals surface area contributed by atoms with E-state index in [0.29, 0.717) is 0 Å². The van der Waals surface area contributed by atoms with Crippen LogP contribution in [-0.4, -0.2) is 30.9 Å². The molecule has 0 aliphatic carbocycles. The van der Waals surface area contributed by atoms with Crippen molar-refractivity contribution in [2.75, 3.05) is 6.54 Å². The van der Waals surface area contributed by atoms with Gasteiger partial charge in [0.15, 0.2) is 0 Å². The third kappa shape index (κ3) is 3.26. The van der Waals surface area contributed by atoms with Crippen LogP contribution < -0.4 is 5.32 Å². The summed E-state index contributed by atoms with van der Waals surface area (Å²) < 4.78 is 3.77. The Morgan fingerprint density at radius 1 is 1.32 bits per heavy atom. The molecule has 0 unspecified atom stereocenters. The van der Waals surface area contributed by atoms with Gasteiger partial charge < -0.3 is 5.32 Å². The summed E-state index contributed by atoms with van der Waals surface area (Å²) in [6, 6.07) is 0. The molecule has 0 saturated carbocycles. The number of aromatic nitrogens is 5. The highest BCUT2D eigenvalue weighted by molar-refractivity contribution is 7.16. The molecule has 0 amide bonds. The van der Waals surface area contributed by atoms with Crippen molar-refractivity contribution >= 4 is 16.3 Å². The fourth-order valence-electron chi connectivity index (χ4n) is 2.36. The molecule has 3 aromatic heterocycles. The SMILES string of the molecule is C=CCn1cc(CNCCc2cn3nc(C)sc3n2)c(C)n1. The zero-order valence-corrected chi connectivity index (χ0v) is 13.7. The third-order valence-corrected chi connectivity index (χ3v) is 4.27. The maximum atomic E-state index is 4.58. The molecule has 1 N–H and O–H groups in total. The molecule has 22 heavy (non-hydrogen) atoms. The number of rotatable bonds is 7. The lowest BCUT2D eigenvalue weighted by molar-refractivity contribution is 0.676. The first kappa shape index (κ1) is 14.9. The lowest BCUT2D eigenvalue weighted by Crippen LogP contribution is -2.17. The van der Waals surface area contributed by atoms with Gasteiger partial charge in [0, 0.05) is 31.3 Å². The maximum absolute atomic E-state index is 4.58. The third-order valence-electron chi connectivity index (χ3n) is 3.43. The van der Waals surface area contributed by atoms with Crippen LogP contribution in [0.3, 0.4) is 0 Å². The van der Waals surface area contributed by atoms with Crippen LogP contribution in [0.5, 0.6) is 0 Å². The fraction of sp³-hybridized carbons (Fsp3) is 0.400. The van der Waals surface area contributed by atoms with Crippen LogP contribution in [0.15, 0.2) is 25.0 Å². The summed E-state index contributed by atoms with van der Waals surface area (Å²) in [4.78, 5) is 5.54. The number of fused-ring (bicyclic) bond motifs is 1. The first-order valence-corrected chi connectivity index (χ1v) is 8.13. The van der Waals surface area contributed by atoms with E-state index in [2.05, 4.69) is 33.3 Å². The van der Waals surface area contributed by atoms with E-state index in [1.807, 2.05) is 35.3 Å². The molecule has 3 rings (SSSR count). The number of hydrogen-bond donors (Lipinski definition) is 1. The van der Waals surface area contributed by atoms with Gasteiger partial charge in [-0.1, -0.05) is 17.4 Å². The van der Waals surface area contributed by atoms with E-state index >= 15 is 0 Å². The summed E-state index contributed by atoms with van der Waals surface area (Å²) >= 11 is 1.62. The number of aryl methyl sites for hydroxylation is 2. The Morgan fingerprint density at radius 3 is 2.95 bits per heavy atom. The van der Waals surface area contributed by atoms with Crippen molar-refractivity contribution in [1.29, 1.82) is 0 Å². The van der Waals surface area contributed by atoms with Gasteiger partial charge in [-0.25, -0.2) is 9.50 Å². The number of hydrogen-bond acceptors (Lipinski definition) is 5. The standard InChI is InChI=1S/C15H20N6S/c1-4-7-20-9-13(11(2)18-20)8-16-6-5-14-10-21-15(17-14)22-12(3)19-21/h4,9-10,16H,1,5-8H2,2-3H3. The molecular formula is C15H20N6S. The summed E-state index contributed by atoms with van der Waals surface area (Å²) in [5, 5.41) is 13.3. The maximum Gasteiger partial charge on any atom is 0.212 e. The van der Waals surface area contributed by atoms with Crippen molar-refractivity contribution < 1.29 is 0 Å². The van der Waals surface area contributed by atoms with Crippen LogP contribution in [0.2, 0.25) is 0 Å². The number of nitrogens with one attached hydrogen (secondary N) is 1. The first-order valence-electron chi connectivity index (χ1n) is 7.32. The summed E-state index contributed by atoms with van der Waals surface area (Å²) in [6.45, 7) is 10.2. The molecule has 0 spiro atoms. The lowest BCUT2D eigenvalue weighted by Gasteiger charge is -2.01. The van der Waals surface area contributed by atoms with Gasteiger partial charge in [-0.15, -0.1) is 6.58 Å². The van der Waals surface area contributed by atoms with Crippen LogP contribution in [0.1, 0.15) is 22.0 Å². The Hall–Kier alpha value is -1.99. The molecule has 0 bridgehead atoms. The molecule has 3 aromatic rings. The largest absolute Gasteiger partial charge is 0.312 e. The molecule has 0 radical (unpaired) electrons. The quantitative estimate of drug-likeness (QED) is 0.536.